The van der Waals surface area contributed by atoms with Crippen molar-refractivity contribution in [2.75, 3.05) is 14.2 Å². The Hall–Kier alpha value is -4.65. The molecule has 47 heavy (non-hydrogen) atoms. The minimum atomic E-state index is -1.03. The van der Waals surface area contributed by atoms with Crippen LogP contribution in [0, 0.1) is 11.8 Å². The molecule has 252 valence electrons. The van der Waals surface area contributed by atoms with Gasteiger partial charge in [-0.15, -0.1) is 0 Å². The summed E-state index contributed by atoms with van der Waals surface area (Å²) in [6, 6.07) is 8.25. The van der Waals surface area contributed by atoms with Crippen LogP contribution in [0.25, 0.3) is 0 Å². The number of nitrogens with one attached hydrogen (secondary N) is 2. The van der Waals surface area contributed by atoms with E-state index in [0.717, 1.165) is 6.08 Å². The summed E-state index contributed by atoms with van der Waals surface area (Å²) in [6.07, 6.45) is 3.05. The standard InChI is InChI=1S/C35H43N3O9/c1-19-15-24-29(38-34(43)23-12-8-7-9-13-23)26(39)18-25(31(24)41)37-33(42)20(2)11-10-14-27(45-5)32(47-35(36)44)22(4)17-21(3)30(40)28(16-19)46-6/h7-14,17-19,21,27-28,30,32,40H,15-16H2,1-6H3,(H2,36,44)(H,37,42)(H,38,43)/b14-10-,20-11+,22-17+/t19?,21-,27?,28?,30?,32?/m1/s1. The Bertz CT molecular complexity index is 1520. The molecule has 1 aromatic rings. The van der Waals surface area contributed by atoms with E-state index in [-0.39, 0.29) is 41.3 Å². The van der Waals surface area contributed by atoms with Crippen molar-refractivity contribution in [1.29, 1.82) is 0 Å². The number of allylic oxidation sites excluding steroid dienone is 4. The van der Waals surface area contributed by atoms with E-state index in [1.54, 1.807) is 56.3 Å². The summed E-state index contributed by atoms with van der Waals surface area (Å²) in [5, 5.41) is 16.4. The molecule has 5 unspecified atom stereocenters. The number of aliphatic hydroxyl groups excluding tert-OH is 1. The highest BCUT2D eigenvalue weighted by Crippen LogP contribution is 2.29. The number of methoxy groups -OCH3 is 2. The summed E-state index contributed by atoms with van der Waals surface area (Å²) in [6.45, 7) is 6.83. The van der Waals surface area contributed by atoms with Gasteiger partial charge in [0.25, 0.3) is 11.8 Å². The highest BCUT2D eigenvalue weighted by atomic mass is 16.6. The number of hydrogen-bond donors (Lipinski definition) is 4. The van der Waals surface area contributed by atoms with Gasteiger partial charge < -0.3 is 35.7 Å². The number of benzene rings is 1. The van der Waals surface area contributed by atoms with Crippen LogP contribution in [0.5, 0.6) is 0 Å². The van der Waals surface area contributed by atoms with Crippen LogP contribution in [0.1, 0.15) is 50.9 Å². The van der Waals surface area contributed by atoms with Crippen LogP contribution in [0.3, 0.4) is 0 Å². The van der Waals surface area contributed by atoms with Crippen LogP contribution in [0.4, 0.5) is 4.79 Å². The topological polar surface area (TPSA) is 183 Å². The number of rotatable bonds is 5. The molecule has 3 rings (SSSR count). The Morgan fingerprint density at radius 3 is 2.34 bits per heavy atom. The predicted molar refractivity (Wildman–Crippen MR) is 173 cm³/mol. The maximum atomic E-state index is 13.8. The minimum absolute atomic E-state index is 0.0199. The molecule has 1 aliphatic carbocycles. The van der Waals surface area contributed by atoms with Gasteiger partial charge in [0.15, 0.2) is 6.10 Å². The average Bonchev–Trinajstić information content (AvgIpc) is 3.04. The highest BCUT2D eigenvalue weighted by molar-refractivity contribution is 6.24. The van der Waals surface area contributed by atoms with E-state index >= 15 is 0 Å². The summed E-state index contributed by atoms with van der Waals surface area (Å²) < 4.78 is 16.6. The van der Waals surface area contributed by atoms with E-state index in [9.17, 15) is 29.1 Å². The molecule has 0 spiro atoms. The highest BCUT2D eigenvalue weighted by Gasteiger charge is 2.34. The van der Waals surface area contributed by atoms with Gasteiger partial charge in [0.05, 0.1) is 23.6 Å². The van der Waals surface area contributed by atoms with Crippen LogP contribution in [-0.4, -0.2) is 73.2 Å². The summed E-state index contributed by atoms with van der Waals surface area (Å²) >= 11 is 0. The molecule has 0 saturated carbocycles. The van der Waals surface area contributed by atoms with Gasteiger partial charge in [-0.3, -0.25) is 19.2 Å². The van der Waals surface area contributed by atoms with E-state index in [4.69, 9.17) is 19.9 Å². The molecule has 12 nitrogen and oxygen atoms in total. The second-order valence-corrected chi connectivity index (χ2v) is 11.8. The first-order chi connectivity index (χ1) is 22.3. The summed E-state index contributed by atoms with van der Waals surface area (Å²) in [4.78, 5) is 65.1. The molecule has 2 bridgehead atoms. The number of aliphatic hydroxyl groups is 1. The maximum Gasteiger partial charge on any atom is 0.405 e. The molecule has 0 aromatic heterocycles. The Balaban J connectivity index is 2.09. The molecule has 2 aliphatic rings. The fourth-order valence-electron chi connectivity index (χ4n) is 5.50. The predicted octanol–water partition coefficient (Wildman–Crippen LogP) is 3.19. The molecule has 6 atom stereocenters. The van der Waals surface area contributed by atoms with Crippen molar-refractivity contribution in [2.24, 2.45) is 17.6 Å². The number of amides is 3. The summed E-state index contributed by atoms with van der Waals surface area (Å²) in [7, 11) is 2.87. The molecule has 1 aliphatic heterocycles. The fraction of sp³-hybridized carbons (Fsp3) is 0.400. The van der Waals surface area contributed by atoms with Crippen molar-refractivity contribution in [1.82, 2.24) is 10.6 Å². The van der Waals surface area contributed by atoms with Crippen LogP contribution < -0.4 is 16.4 Å². The fourth-order valence-corrected chi connectivity index (χ4v) is 5.50. The Morgan fingerprint density at radius 2 is 1.72 bits per heavy atom. The van der Waals surface area contributed by atoms with Crippen LogP contribution in [0.2, 0.25) is 0 Å². The zero-order chi connectivity index (χ0) is 34.8. The van der Waals surface area contributed by atoms with Gasteiger partial charge in [-0.2, -0.15) is 0 Å². The van der Waals surface area contributed by atoms with Crippen molar-refractivity contribution in [3.05, 3.63) is 94.4 Å². The van der Waals surface area contributed by atoms with Crippen molar-refractivity contribution in [3.63, 3.8) is 0 Å². The lowest BCUT2D eigenvalue weighted by Gasteiger charge is -2.30. The van der Waals surface area contributed by atoms with Crippen LogP contribution >= 0.6 is 0 Å². The lowest BCUT2D eigenvalue weighted by Crippen LogP contribution is -2.38. The van der Waals surface area contributed by atoms with E-state index < -0.39 is 59.8 Å². The Morgan fingerprint density at radius 1 is 1.04 bits per heavy atom. The average molecular weight is 650 g/mol. The zero-order valence-corrected chi connectivity index (χ0v) is 27.4. The molecule has 0 saturated heterocycles. The molecular weight excluding hydrogens is 606 g/mol. The normalized spacial score (nSPS) is 29.4. The van der Waals surface area contributed by atoms with Gasteiger partial charge in [0, 0.05) is 42.9 Å². The quantitative estimate of drug-likeness (QED) is 0.275. The molecule has 0 radical (unpaired) electrons. The molecule has 1 heterocycles. The zero-order valence-electron chi connectivity index (χ0n) is 27.4. The summed E-state index contributed by atoms with van der Waals surface area (Å²) in [5.74, 6) is -3.32. The third kappa shape index (κ3) is 9.67. The number of Topliss-reactive ketones (excluding diaryl/α,β-unsaturated/α-hetero) is 1. The lowest BCUT2D eigenvalue weighted by molar-refractivity contribution is -0.120. The number of primary amides is 1. The summed E-state index contributed by atoms with van der Waals surface area (Å²) in [5.41, 5.74) is 5.99. The first-order valence-electron chi connectivity index (χ1n) is 15.2. The number of hydrogen-bond acceptors (Lipinski definition) is 9. The SMILES string of the molecule is COC1/C=C\C=C(/C)C(=O)NC2=CC(=O)C(NC(=O)c3ccccc3)=C(CC(C)CC(OC)C(O)[C@H](C)/C=C(\C)C1OC(N)=O)C2=O. The smallest absolute Gasteiger partial charge is 0.405 e. The number of ketones is 2. The van der Waals surface area contributed by atoms with E-state index in [2.05, 4.69) is 10.6 Å². The van der Waals surface area contributed by atoms with Gasteiger partial charge in [-0.05, 0) is 50.3 Å². The van der Waals surface area contributed by atoms with E-state index in [1.807, 2.05) is 6.92 Å². The van der Waals surface area contributed by atoms with E-state index in [1.165, 1.54) is 33.3 Å². The van der Waals surface area contributed by atoms with Gasteiger partial charge in [0.1, 0.15) is 6.10 Å². The van der Waals surface area contributed by atoms with Crippen molar-refractivity contribution < 1.29 is 43.3 Å². The number of carbonyl (C=O) groups is 5. The monoisotopic (exact) mass is 649 g/mol. The van der Waals surface area contributed by atoms with Crippen LogP contribution in [0.15, 0.2) is 88.8 Å². The molecule has 1 aromatic carbocycles. The second-order valence-electron chi connectivity index (χ2n) is 11.8. The van der Waals surface area contributed by atoms with Crippen molar-refractivity contribution in [2.45, 2.75) is 65.0 Å². The first kappa shape index (κ1) is 36.8. The Labute approximate surface area is 274 Å². The molecule has 5 N–H and O–H groups in total. The lowest BCUT2D eigenvalue weighted by atomic mass is 9.85. The van der Waals surface area contributed by atoms with Crippen molar-refractivity contribution in [3.8, 4) is 0 Å². The van der Waals surface area contributed by atoms with Crippen molar-refractivity contribution >= 4 is 29.5 Å². The molecule has 3 amide bonds. The maximum absolute atomic E-state index is 13.8. The Kier molecular flexibility index (Phi) is 13.1. The molecular formula is C35H43N3O9. The number of nitrogens with two attached hydrogens (primary N) is 1. The minimum Gasteiger partial charge on any atom is -0.439 e. The van der Waals surface area contributed by atoms with E-state index in [0.29, 0.717) is 11.1 Å². The van der Waals surface area contributed by atoms with Gasteiger partial charge in [-0.1, -0.05) is 56.4 Å². The number of ether oxygens (including phenoxy) is 3. The number of fused-ring (bicyclic) bond motifs is 2. The third-order valence-corrected chi connectivity index (χ3v) is 8.07. The molecule has 12 heteroatoms. The largest absolute Gasteiger partial charge is 0.439 e. The van der Waals surface area contributed by atoms with Crippen LogP contribution in [-0.2, 0) is 28.6 Å². The number of carbonyl (C=O) groups excluding carboxylic acids is 5. The van der Waals surface area contributed by atoms with Gasteiger partial charge in [0.2, 0.25) is 11.6 Å². The molecule has 0 fully saturated rings. The van der Waals surface area contributed by atoms with Gasteiger partial charge >= 0.3 is 6.09 Å². The van der Waals surface area contributed by atoms with Gasteiger partial charge in [-0.25, -0.2) is 4.79 Å². The first-order valence-corrected chi connectivity index (χ1v) is 15.2. The third-order valence-electron chi connectivity index (χ3n) is 8.07. The second kappa shape index (κ2) is 16.8.